The summed E-state index contributed by atoms with van der Waals surface area (Å²) in [7, 11) is 0. The van der Waals surface area contributed by atoms with Crippen molar-refractivity contribution >= 4 is 17.3 Å². The van der Waals surface area contributed by atoms with E-state index in [-0.39, 0.29) is 11.9 Å². The van der Waals surface area contributed by atoms with E-state index in [1.807, 2.05) is 12.3 Å². The lowest BCUT2D eigenvalue weighted by molar-refractivity contribution is -0.146. The monoisotopic (exact) mass is 197 g/mol. The number of carbonyl (C=O) groups excluding carboxylic acids is 1. The Morgan fingerprint density at radius 3 is 3.08 bits per heavy atom. The van der Waals surface area contributed by atoms with Crippen molar-refractivity contribution in [1.82, 2.24) is 4.98 Å². The molecule has 0 saturated heterocycles. The van der Waals surface area contributed by atoms with Crippen LogP contribution in [0.4, 0.5) is 0 Å². The minimum absolute atomic E-state index is 0.0622. The Balaban J connectivity index is 1.81. The van der Waals surface area contributed by atoms with Crippen LogP contribution in [0.1, 0.15) is 23.5 Å². The molecule has 0 unspecified atom stereocenters. The summed E-state index contributed by atoms with van der Waals surface area (Å²) >= 11 is 1.54. The number of aromatic nitrogens is 1. The van der Waals surface area contributed by atoms with Crippen LogP contribution < -0.4 is 0 Å². The Hall–Kier alpha value is -0.900. The highest BCUT2D eigenvalue weighted by Crippen LogP contribution is 2.30. The van der Waals surface area contributed by atoms with Gasteiger partial charge in [-0.2, -0.15) is 0 Å². The molecule has 0 aliphatic heterocycles. The van der Waals surface area contributed by atoms with Crippen molar-refractivity contribution in [1.29, 1.82) is 0 Å². The molecule has 1 aromatic rings. The Bertz CT molecular complexity index is 317. The molecule has 70 valence electrons. The molecule has 0 amide bonds. The number of carbonyl (C=O) groups is 1. The third kappa shape index (κ3) is 2.28. The van der Waals surface area contributed by atoms with Crippen molar-refractivity contribution in [3.63, 3.8) is 0 Å². The highest BCUT2D eigenvalue weighted by molar-refractivity contribution is 7.09. The number of thiazole rings is 1. The normalized spacial score (nSPS) is 15.8. The molecule has 4 heteroatoms. The predicted molar refractivity (Wildman–Crippen MR) is 49.4 cm³/mol. The molecule has 1 fully saturated rings. The standard InChI is InChI=1S/C9H11NO2S/c1-6-5-13-8(10-6)4-12-9(11)7-2-3-7/h5,7H,2-4H2,1H3. The fourth-order valence-electron chi connectivity index (χ4n) is 1.04. The molecule has 3 nitrogen and oxygen atoms in total. The number of rotatable bonds is 3. The topological polar surface area (TPSA) is 39.2 Å². The molecule has 0 bridgehead atoms. The van der Waals surface area contributed by atoms with Crippen molar-refractivity contribution in [3.8, 4) is 0 Å². The summed E-state index contributed by atoms with van der Waals surface area (Å²) in [6.07, 6.45) is 1.99. The van der Waals surface area contributed by atoms with E-state index in [1.165, 1.54) is 11.3 Å². The quantitative estimate of drug-likeness (QED) is 0.695. The van der Waals surface area contributed by atoms with Crippen molar-refractivity contribution in [3.05, 3.63) is 16.1 Å². The lowest BCUT2D eigenvalue weighted by Crippen LogP contribution is -2.05. The van der Waals surface area contributed by atoms with Gasteiger partial charge in [0.1, 0.15) is 11.6 Å². The smallest absolute Gasteiger partial charge is 0.309 e. The molecule has 0 aromatic carbocycles. The molecule has 0 atom stereocenters. The van der Waals surface area contributed by atoms with Gasteiger partial charge in [0, 0.05) is 11.1 Å². The summed E-state index contributed by atoms with van der Waals surface area (Å²) in [4.78, 5) is 15.3. The van der Waals surface area contributed by atoms with Gasteiger partial charge in [-0.1, -0.05) is 0 Å². The summed E-state index contributed by atoms with van der Waals surface area (Å²) in [6, 6.07) is 0. The van der Waals surface area contributed by atoms with Crippen LogP contribution in [-0.2, 0) is 16.1 Å². The number of ether oxygens (including phenoxy) is 1. The zero-order valence-electron chi connectivity index (χ0n) is 7.45. The van der Waals surface area contributed by atoms with Crippen molar-refractivity contribution in [2.24, 2.45) is 5.92 Å². The highest BCUT2D eigenvalue weighted by Gasteiger charge is 2.31. The van der Waals surface area contributed by atoms with Crippen LogP contribution in [0, 0.1) is 12.8 Å². The first-order chi connectivity index (χ1) is 6.25. The van der Waals surface area contributed by atoms with Crippen molar-refractivity contribution in [2.75, 3.05) is 0 Å². The Labute approximate surface area is 80.8 Å². The third-order valence-corrected chi connectivity index (χ3v) is 2.86. The number of hydrogen-bond acceptors (Lipinski definition) is 4. The van der Waals surface area contributed by atoms with E-state index in [1.54, 1.807) is 0 Å². The molecule has 1 saturated carbocycles. The van der Waals surface area contributed by atoms with Gasteiger partial charge in [0.25, 0.3) is 0 Å². The maximum Gasteiger partial charge on any atom is 0.309 e. The predicted octanol–water partition coefficient (Wildman–Crippen LogP) is 1.90. The number of hydrogen-bond donors (Lipinski definition) is 0. The number of esters is 1. The summed E-state index contributed by atoms with van der Waals surface area (Å²) in [5, 5.41) is 2.84. The largest absolute Gasteiger partial charge is 0.458 e. The van der Waals surface area contributed by atoms with Gasteiger partial charge in [0.05, 0.1) is 5.92 Å². The molecule has 0 radical (unpaired) electrons. The van der Waals surface area contributed by atoms with Gasteiger partial charge in [-0.15, -0.1) is 11.3 Å². The minimum Gasteiger partial charge on any atom is -0.458 e. The van der Waals surface area contributed by atoms with E-state index in [0.717, 1.165) is 23.5 Å². The molecule has 1 heterocycles. The Kier molecular flexibility index (Phi) is 2.31. The minimum atomic E-state index is -0.0622. The molecular weight excluding hydrogens is 186 g/mol. The lowest BCUT2D eigenvalue weighted by Gasteiger charge is -1.99. The second kappa shape index (κ2) is 3.46. The first kappa shape index (κ1) is 8.69. The van der Waals surface area contributed by atoms with Gasteiger partial charge >= 0.3 is 5.97 Å². The highest BCUT2D eigenvalue weighted by atomic mass is 32.1. The van der Waals surface area contributed by atoms with Crippen LogP contribution in [0.5, 0.6) is 0 Å². The number of nitrogens with zero attached hydrogens (tertiary/aromatic N) is 1. The third-order valence-electron chi connectivity index (χ3n) is 1.92. The van der Waals surface area contributed by atoms with E-state index < -0.39 is 0 Å². The van der Waals surface area contributed by atoms with Gasteiger partial charge in [0.15, 0.2) is 0 Å². The van der Waals surface area contributed by atoms with Crippen LogP contribution >= 0.6 is 11.3 Å². The zero-order valence-corrected chi connectivity index (χ0v) is 8.26. The summed E-state index contributed by atoms with van der Waals surface area (Å²) in [5.74, 6) is 0.119. The van der Waals surface area contributed by atoms with Crippen LogP contribution in [0.3, 0.4) is 0 Å². The van der Waals surface area contributed by atoms with Gasteiger partial charge in [-0.3, -0.25) is 4.79 Å². The van der Waals surface area contributed by atoms with Gasteiger partial charge in [-0.05, 0) is 19.8 Å². The molecular formula is C9H11NO2S. The average molecular weight is 197 g/mol. The van der Waals surface area contributed by atoms with Crippen LogP contribution in [0.15, 0.2) is 5.38 Å². The fraction of sp³-hybridized carbons (Fsp3) is 0.556. The molecule has 0 N–H and O–H groups in total. The van der Waals surface area contributed by atoms with E-state index in [0.29, 0.717) is 6.61 Å². The second-order valence-corrected chi connectivity index (χ2v) is 4.21. The molecule has 1 aliphatic rings. The maximum absolute atomic E-state index is 11.1. The van der Waals surface area contributed by atoms with Crippen LogP contribution in [0.25, 0.3) is 0 Å². The van der Waals surface area contributed by atoms with E-state index >= 15 is 0 Å². The zero-order chi connectivity index (χ0) is 9.26. The van der Waals surface area contributed by atoms with Crippen molar-refractivity contribution < 1.29 is 9.53 Å². The molecule has 0 spiro atoms. The van der Waals surface area contributed by atoms with Crippen LogP contribution in [0.2, 0.25) is 0 Å². The summed E-state index contributed by atoms with van der Waals surface area (Å²) in [5.41, 5.74) is 0.988. The van der Waals surface area contributed by atoms with E-state index in [4.69, 9.17) is 4.74 Å². The number of aryl methyl sites for hydroxylation is 1. The van der Waals surface area contributed by atoms with Crippen LogP contribution in [-0.4, -0.2) is 11.0 Å². The molecule has 1 aliphatic carbocycles. The maximum atomic E-state index is 11.1. The molecule has 2 rings (SSSR count). The van der Waals surface area contributed by atoms with E-state index in [9.17, 15) is 4.79 Å². The SMILES string of the molecule is Cc1csc(COC(=O)C2CC2)n1. The summed E-state index contributed by atoms with van der Waals surface area (Å²) < 4.78 is 5.07. The summed E-state index contributed by atoms with van der Waals surface area (Å²) in [6.45, 7) is 2.27. The first-order valence-electron chi connectivity index (χ1n) is 4.33. The Morgan fingerprint density at radius 1 is 1.77 bits per heavy atom. The van der Waals surface area contributed by atoms with E-state index in [2.05, 4.69) is 4.98 Å². The van der Waals surface area contributed by atoms with Gasteiger partial charge < -0.3 is 4.74 Å². The fourth-order valence-corrected chi connectivity index (χ4v) is 1.72. The average Bonchev–Trinajstić information content (AvgIpc) is 2.87. The Morgan fingerprint density at radius 2 is 2.54 bits per heavy atom. The second-order valence-electron chi connectivity index (χ2n) is 3.26. The van der Waals surface area contributed by atoms with Crippen molar-refractivity contribution in [2.45, 2.75) is 26.4 Å². The van der Waals surface area contributed by atoms with Gasteiger partial charge in [-0.25, -0.2) is 4.98 Å². The lowest BCUT2D eigenvalue weighted by atomic mass is 10.4. The molecule has 1 aromatic heterocycles. The van der Waals surface area contributed by atoms with Gasteiger partial charge in [0.2, 0.25) is 0 Å². The molecule has 13 heavy (non-hydrogen) atoms. The first-order valence-corrected chi connectivity index (χ1v) is 5.21.